The molecule has 1 unspecified atom stereocenters. The molecule has 0 saturated carbocycles. The quantitative estimate of drug-likeness (QED) is 0.632. The summed E-state index contributed by atoms with van der Waals surface area (Å²) in [5.41, 5.74) is 2.49. The van der Waals surface area contributed by atoms with Gasteiger partial charge in [0.15, 0.2) is 0 Å². The predicted molar refractivity (Wildman–Crippen MR) is 80.7 cm³/mol. The van der Waals surface area contributed by atoms with Crippen molar-refractivity contribution >= 4 is 22.4 Å². The third-order valence-electron chi connectivity index (χ3n) is 3.46. The Morgan fingerprint density at radius 2 is 1.63 bits per heavy atom. The first kappa shape index (κ1) is 12.2. The van der Waals surface area contributed by atoms with Gasteiger partial charge in [0.1, 0.15) is 0 Å². The molecular weight excluding hydrogens is 254 g/mol. The van der Waals surface area contributed by atoms with Crippen LogP contribution < -0.4 is 0 Å². The molecule has 0 bridgehead atoms. The number of alkyl halides is 1. The standard InChI is InChI=1S/C17H14ClN/c18-12-17(14-8-10-19-11-9-14)16-7-3-5-13-4-1-2-6-15(13)16/h1-11,17H,12H2. The number of pyridine rings is 1. The number of nitrogens with zero attached hydrogens (tertiary/aromatic N) is 1. The Morgan fingerprint density at radius 3 is 2.42 bits per heavy atom. The summed E-state index contributed by atoms with van der Waals surface area (Å²) in [6, 6.07) is 18.9. The Labute approximate surface area is 117 Å². The minimum Gasteiger partial charge on any atom is -0.265 e. The Hall–Kier alpha value is -1.86. The molecule has 0 spiro atoms. The first-order valence-corrected chi connectivity index (χ1v) is 6.87. The number of benzene rings is 2. The SMILES string of the molecule is ClCC(c1ccncc1)c1cccc2ccccc12. The fourth-order valence-electron chi connectivity index (χ4n) is 2.50. The molecule has 1 heterocycles. The molecule has 0 aliphatic heterocycles. The van der Waals surface area contributed by atoms with E-state index in [1.54, 1.807) is 0 Å². The van der Waals surface area contributed by atoms with Gasteiger partial charge in [-0.1, -0.05) is 42.5 Å². The van der Waals surface area contributed by atoms with Crippen molar-refractivity contribution in [3.63, 3.8) is 0 Å². The number of fused-ring (bicyclic) bond motifs is 1. The van der Waals surface area contributed by atoms with Crippen LogP contribution in [0, 0.1) is 0 Å². The minimum absolute atomic E-state index is 0.204. The zero-order chi connectivity index (χ0) is 13.1. The molecule has 0 radical (unpaired) electrons. The zero-order valence-corrected chi connectivity index (χ0v) is 11.2. The molecule has 3 rings (SSSR count). The maximum atomic E-state index is 6.22. The first-order valence-electron chi connectivity index (χ1n) is 6.33. The fourth-order valence-corrected chi connectivity index (χ4v) is 2.85. The fraction of sp³-hybridized carbons (Fsp3) is 0.118. The van der Waals surface area contributed by atoms with Crippen molar-refractivity contribution in [3.8, 4) is 0 Å². The average molecular weight is 268 g/mol. The topological polar surface area (TPSA) is 12.9 Å². The third kappa shape index (κ3) is 2.34. The number of rotatable bonds is 3. The molecule has 3 aromatic rings. The predicted octanol–water partition coefficient (Wildman–Crippen LogP) is 4.61. The van der Waals surface area contributed by atoms with Crippen molar-refractivity contribution in [1.29, 1.82) is 0 Å². The van der Waals surface area contributed by atoms with Gasteiger partial charge in [-0.05, 0) is 34.0 Å². The van der Waals surface area contributed by atoms with Crippen LogP contribution in [0.4, 0.5) is 0 Å². The number of halogens is 1. The molecule has 0 saturated heterocycles. The van der Waals surface area contributed by atoms with Crippen molar-refractivity contribution in [2.45, 2.75) is 5.92 Å². The van der Waals surface area contributed by atoms with Crippen molar-refractivity contribution < 1.29 is 0 Å². The monoisotopic (exact) mass is 267 g/mol. The van der Waals surface area contributed by atoms with E-state index in [1.165, 1.54) is 21.9 Å². The molecule has 0 aliphatic rings. The smallest absolute Gasteiger partial charge is 0.0333 e. The summed E-state index contributed by atoms with van der Waals surface area (Å²) in [7, 11) is 0. The molecule has 0 fully saturated rings. The summed E-state index contributed by atoms with van der Waals surface area (Å²) in [6.07, 6.45) is 3.64. The first-order chi connectivity index (χ1) is 9.40. The number of aromatic nitrogens is 1. The summed E-state index contributed by atoms with van der Waals surface area (Å²) in [6.45, 7) is 0. The van der Waals surface area contributed by atoms with Gasteiger partial charge in [0.2, 0.25) is 0 Å². The Morgan fingerprint density at radius 1 is 0.895 bits per heavy atom. The van der Waals surface area contributed by atoms with Crippen LogP contribution in [0.1, 0.15) is 17.0 Å². The summed E-state index contributed by atoms with van der Waals surface area (Å²) in [5, 5.41) is 2.52. The van der Waals surface area contributed by atoms with Crippen molar-refractivity contribution in [1.82, 2.24) is 4.98 Å². The second kappa shape index (κ2) is 5.41. The van der Waals surface area contributed by atoms with Crippen LogP contribution in [-0.4, -0.2) is 10.9 Å². The number of hydrogen-bond acceptors (Lipinski definition) is 1. The van der Waals surface area contributed by atoms with Gasteiger partial charge in [0, 0.05) is 24.2 Å². The van der Waals surface area contributed by atoms with Crippen LogP contribution >= 0.6 is 11.6 Å². The van der Waals surface area contributed by atoms with Gasteiger partial charge in [-0.25, -0.2) is 0 Å². The molecular formula is C17H14ClN. The van der Waals surface area contributed by atoms with Gasteiger partial charge in [0.05, 0.1) is 0 Å². The normalized spacial score (nSPS) is 12.5. The average Bonchev–Trinajstić information content (AvgIpc) is 2.49. The van der Waals surface area contributed by atoms with Crippen LogP contribution in [0.15, 0.2) is 67.0 Å². The van der Waals surface area contributed by atoms with E-state index in [0.717, 1.165) is 0 Å². The van der Waals surface area contributed by atoms with Gasteiger partial charge >= 0.3 is 0 Å². The highest BCUT2D eigenvalue weighted by atomic mass is 35.5. The van der Waals surface area contributed by atoms with Crippen LogP contribution in [0.2, 0.25) is 0 Å². The summed E-state index contributed by atoms with van der Waals surface area (Å²) < 4.78 is 0. The van der Waals surface area contributed by atoms with E-state index >= 15 is 0 Å². The molecule has 1 aromatic heterocycles. The van der Waals surface area contributed by atoms with Crippen LogP contribution in [-0.2, 0) is 0 Å². The van der Waals surface area contributed by atoms with Gasteiger partial charge in [-0.15, -0.1) is 11.6 Å². The maximum absolute atomic E-state index is 6.22. The van der Waals surface area contributed by atoms with E-state index < -0.39 is 0 Å². The largest absolute Gasteiger partial charge is 0.265 e. The highest BCUT2D eigenvalue weighted by Gasteiger charge is 2.15. The Balaban J connectivity index is 2.17. The minimum atomic E-state index is 0.204. The lowest BCUT2D eigenvalue weighted by atomic mass is 9.90. The summed E-state index contributed by atoms with van der Waals surface area (Å²) >= 11 is 6.22. The lowest BCUT2D eigenvalue weighted by molar-refractivity contribution is 0.936. The van der Waals surface area contributed by atoms with E-state index in [4.69, 9.17) is 11.6 Å². The lowest BCUT2D eigenvalue weighted by Gasteiger charge is -2.17. The maximum Gasteiger partial charge on any atom is 0.0333 e. The molecule has 0 aliphatic carbocycles. The zero-order valence-electron chi connectivity index (χ0n) is 10.5. The van der Waals surface area contributed by atoms with Crippen molar-refractivity contribution in [2.24, 2.45) is 0 Å². The van der Waals surface area contributed by atoms with Crippen molar-refractivity contribution in [3.05, 3.63) is 78.1 Å². The van der Waals surface area contributed by atoms with Crippen molar-refractivity contribution in [2.75, 3.05) is 5.88 Å². The van der Waals surface area contributed by atoms with E-state index in [1.807, 2.05) is 24.5 Å². The van der Waals surface area contributed by atoms with Gasteiger partial charge in [-0.3, -0.25) is 4.98 Å². The molecule has 0 amide bonds. The van der Waals surface area contributed by atoms with Gasteiger partial charge in [-0.2, -0.15) is 0 Å². The molecule has 94 valence electrons. The second-order valence-corrected chi connectivity index (χ2v) is 4.86. The molecule has 0 N–H and O–H groups in total. The second-order valence-electron chi connectivity index (χ2n) is 4.56. The molecule has 19 heavy (non-hydrogen) atoms. The van der Waals surface area contributed by atoms with Crippen LogP contribution in [0.25, 0.3) is 10.8 Å². The summed E-state index contributed by atoms with van der Waals surface area (Å²) in [4.78, 5) is 4.07. The van der Waals surface area contributed by atoms with E-state index in [-0.39, 0.29) is 5.92 Å². The summed E-state index contributed by atoms with van der Waals surface area (Å²) in [5.74, 6) is 0.772. The molecule has 2 aromatic carbocycles. The van der Waals surface area contributed by atoms with Gasteiger partial charge < -0.3 is 0 Å². The molecule has 1 nitrogen and oxygen atoms in total. The van der Waals surface area contributed by atoms with E-state index in [0.29, 0.717) is 5.88 Å². The van der Waals surface area contributed by atoms with Crippen LogP contribution in [0.5, 0.6) is 0 Å². The Kier molecular flexibility index (Phi) is 3.47. The Bertz CT molecular complexity index is 674. The highest BCUT2D eigenvalue weighted by Crippen LogP contribution is 2.31. The van der Waals surface area contributed by atoms with Crippen LogP contribution in [0.3, 0.4) is 0 Å². The number of hydrogen-bond donors (Lipinski definition) is 0. The third-order valence-corrected chi connectivity index (χ3v) is 3.77. The van der Waals surface area contributed by atoms with E-state index in [2.05, 4.69) is 47.4 Å². The molecule has 1 atom stereocenters. The van der Waals surface area contributed by atoms with Gasteiger partial charge in [0.25, 0.3) is 0 Å². The van der Waals surface area contributed by atoms with E-state index in [9.17, 15) is 0 Å². The lowest BCUT2D eigenvalue weighted by Crippen LogP contribution is -2.03. The molecule has 2 heteroatoms. The highest BCUT2D eigenvalue weighted by molar-refractivity contribution is 6.18.